The van der Waals surface area contributed by atoms with Gasteiger partial charge in [0.1, 0.15) is 5.56 Å². The van der Waals surface area contributed by atoms with Crippen molar-refractivity contribution in [2.45, 2.75) is 19.0 Å². The Labute approximate surface area is 150 Å². The second kappa shape index (κ2) is 6.42. The summed E-state index contributed by atoms with van der Waals surface area (Å²) in [5, 5.41) is 7.64. The van der Waals surface area contributed by atoms with Crippen molar-refractivity contribution in [3.05, 3.63) is 63.7 Å². The fraction of sp³-hybridized carbons (Fsp3) is 0.316. The van der Waals surface area contributed by atoms with E-state index < -0.39 is 5.91 Å². The highest BCUT2D eigenvalue weighted by atomic mass is 16.5. The van der Waals surface area contributed by atoms with Gasteiger partial charge in [0.2, 0.25) is 5.43 Å². The Morgan fingerprint density at radius 3 is 2.96 bits per heavy atom. The first-order chi connectivity index (χ1) is 12.6. The summed E-state index contributed by atoms with van der Waals surface area (Å²) in [5.41, 5.74) is 2.82. The first-order valence-corrected chi connectivity index (χ1v) is 8.53. The van der Waals surface area contributed by atoms with Crippen LogP contribution in [0.15, 0.2) is 41.5 Å². The number of benzene rings is 1. The molecule has 1 aliphatic rings. The summed E-state index contributed by atoms with van der Waals surface area (Å²) >= 11 is 0. The lowest BCUT2D eigenvalue weighted by atomic mass is 10.1. The van der Waals surface area contributed by atoms with Crippen LogP contribution in [-0.4, -0.2) is 34.0 Å². The van der Waals surface area contributed by atoms with Crippen LogP contribution in [-0.2, 0) is 24.8 Å². The molecular formula is C19H20N4O3. The fourth-order valence-electron chi connectivity index (χ4n) is 3.65. The van der Waals surface area contributed by atoms with Crippen LogP contribution < -0.4 is 10.7 Å². The van der Waals surface area contributed by atoms with E-state index in [9.17, 15) is 9.59 Å². The molecule has 1 aliphatic heterocycles. The zero-order valence-corrected chi connectivity index (χ0v) is 14.7. The summed E-state index contributed by atoms with van der Waals surface area (Å²) in [6.07, 6.45) is 4.21. The van der Waals surface area contributed by atoms with Crippen LogP contribution in [0.5, 0.6) is 0 Å². The smallest absolute Gasteiger partial charge is 0.257 e. The van der Waals surface area contributed by atoms with Gasteiger partial charge in [-0.3, -0.25) is 14.3 Å². The molecule has 0 fully saturated rings. The molecule has 0 unspecified atom stereocenters. The number of nitrogens with zero attached hydrogens (tertiary/aromatic N) is 3. The van der Waals surface area contributed by atoms with E-state index in [2.05, 4.69) is 10.4 Å². The van der Waals surface area contributed by atoms with Crippen molar-refractivity contribution in [1.29, 1.82) is 0 Å². The van der Waals surface area contributed by atoms with E-state index in [1.807, 2.05) is 22.8 Å². The first-order valence-electron chi connectivity index (χ1n) is 8.53. The molecule has 0 saturated carbocycles. The number of rotatable bonds is 5. The second-order valence-corrected chi connectivity index (χ2v) is 6.49. The van der Waals surface area contributed by atoms with Crippen molar-refractivity contribution in [2.24, 2.45) is 7.05 Å². The third-order valence-electron chi connectivity index (χ3n) is 4.90. The van der Waals surface area contributed by atoms with Gasteiger partial charge in [0.05, 0.1) is 23.9 Å². The zero-order valence-electron chi connectivity index (χ0n) is 14.7. The van der Waals surface area contributed by atoms with Crippen LogP contribution >= 0.6 is 0 Å². The number of carbonyl (C=O) groups excluding carboxylic acids is 1. The van der Waals surface area contributed by atoms with Crippen LogP contribution in [0.2, 0.25) is 0 Å². The van der Waals surface area contributed by atoms with E-state index >= 15 is 0 Å². The first kappa shape index (κ1) is 16.5. The number of methoxy groups -OCH3 is 1. The van der Waals surface area contributed by atoms with Gasteiger partial charge < -0.3 is 14.6 Å². The van der Waals surface area contributed by atoms with E-state index in [0.717, 1.165) is 29.7 Å². The maximum atomic E-state index is 12.9. The minimum atomic E-state index is -0.402. The Hall–Kier alpha value is -2.93. The molecule has 3 heterocycles. The summed E-state index contributed by atoms with van der Waals surface area (Å²) < 4.78 is 8.91. The SMILES string of the molecule is COC[C@@H](NC(=O)c1cn2c3c(cccc3c1=O)CC2)c1ccnn1C. The monoisotopic (exact) mass is 352 g/mol. The van der Waals surface area contributed by atoms with E-state index in [0.29, 0.717) is 5.39 Å². The molecule has 3 aromatic rings. The number of pyridine rings is 1. The average Bonchev–Trinajstić information content (AvgIpc) is 3.24. The molecule has 7 nitrogen and oxygen atoms in total. The van der Waals surface area contributed by atoms with E-state index in [1.165, 1.54) is 0 Å². The number of ether oxygens (including phenoxy) is 1. The molecule has 0 radical (unpaired) electrons. The highest BCUT2D eigenvalue weighted by Gasteiger charge is 2.23. The number of hydrogen-bond acceptors (Lipinski definition) is 4. The Balaban J connectivity index is 1.72. The Kier molecular flexibility index (Phi) is 4.08. The molecule has 1 atom stereocenters. The minimum absolute atomic E-state index is 0.153. The van der Waals surface area contributed by atoms with Gasteiger partial charge in [-0.2, -0.15) is 5.10 Å². The normalized spacial score (nSPS) is 13.9. The van der Waals surface area contributed by atoms with Gasteiger partial charge in [0.15, 0.2) is 0 Å². The van der Waals surface area contributed by atoms with Gasteiger partial charge in [-0.05, 0) is 24.1 Å². The maximum absolute atomic E-state index is 12.9. The number of amides is 1. The van der Waals surface area contributed by atoms with Crippen molar-refractivity contribution in [1.82, 2.24) is 19.7 Å². The quantitative estimate of drug-likeness (QED) is 0.753. The summed E-state index contributed by atoms with van der Waals surface area (Å²) in [6.45, 7) is 1.07. The number of carbonyl (C=O) groups is 1. The molecule has 7 heteroatoms. The molecule has 0 saturated heterocycles. The minimum Gasteiger partial charge on any atom is -0.382 e. The number of aromatic nitrogens is 3. The third-order valence-corrected chi connectivity index (χ3v) is 4.90. The number of nitrogens with one attached hydrogen (secondary N) is 1. The summed E-state index contributed by atoms with van der Waals surface area (Å²) in [4.78, 5) is 25.7. The van der Waals surface area contributed by atoms with Crippen molar-refractivity contribution >= 4 is 16.8 Å². The molecule has 0 spiro atoms. The molecule has 4 rings (SSSR count). The van der Waals surface area contributed by atoms with Crippen molar-refractivity contribution in [3.8, 4) is 0 Å². The number of aryl methyl sites for hydroxylation is 3. The summed E-state index contributed by atoms with van der Waals surface area (Å²) in [7, 11) is 3.37. The van der Waals surface area contributed by atoms with Gasteiger partial charge in [0.25, 0.3) is 5.91 Å². The second-order valence-electron chi connectivity index (χ2n) is 6.49. The Morgan fingerprint density at radius 1 is 1.38 bits per heavy atom. The van der Waals surface area contributed by atoms with Crippen LogP contribution in [0.4, 0.5) is 0 Å². The van der Waals surface area contributed by atoms with Gasteiger partial charge in [-0.1, -0.05) is 12.1 Å². The number of para-hydroxylation sites is 1. The predicted molar refractivity (Wildman–Crippen MR) is 97.2 cm³/mol. The molecule has 1 aromatic carbocycles. The molecule has 1 amide bonds. The van der Waals surface area contributed by atoms with Crippen LogP contribution in [0.1, 0.15) is 27.7 Å². The van der Waals surface area contributed by atoms with Crippen LogP contribution in [0.3, 0.4) is 0 Å². The fourth-order valence-corrected chi connectivity index (χ4v) is 3.65. The van der Waals surface area contributed by atoms with Gasteiger partial charge in [0, 0.05) is 38.5 Å². The molecule has 0 bridgehead atoms. The van der Waals surface area contributed by atoms with Crippen LogP contribution in [0, 0.1) is 0 Å². The molecular weight excluding hydrogens is 332 g/mol. The number of hydrogen-bond donors (Lipinski definition) is 1. The molecule has 2 aromatic heterocycles. The van der Waals surface area contributed by atoms with Gasteiger partial charge >= 0.3 is 0 Å². The third kappa shape index (κ3) is 2.61. The molecule has 1 N–H and O–H groups in total. The van der Waals surface area contributed by atoms with E-state index in [1.54, 1.807) is 37.3 Å². The van der Waals surface area contributed by atoms with Crippen LogP contribution in [0.25, 0.3) is 10.9 Å². The van der Waals surface area contributed by atoms with E-state index in [4.69, 9.17) is 4.74 Å². The van der Waals surface area contributed by atoms with E-state index in [-0.39, 0.29) is 23.6 Å². The summed E-state index contributed by atoms with van der Waals surface area (Å²) in [6, 6.07) is 7.12. The molecule has 26 heavy (non-hydrogen) atoms. The lowest BCUT2D eigenvalue weighted by Gasteiger charge is -2.18. The average molecular weight is 352 g/mol. The highest BCUT2D eigenvalue weighted by molar-refractivity contribution is 5.98. The van der Waals surface area contributed by atoms with Gasteiger partial charge in [-0.15, -0.1) is 0 Å². The molecule has 0 aliphatic carbocycles. The maximum Gasteiger partial charge on any atom is 0.257 e. The van der Waals surface area contributed by atoms with Crippen molar-refractivity contribution in [3.63, 3.8) is 0 Å². The largest absolute Gasteiger partial charge is 0.382 e. The predicted octanol–water partition coefficient (Wildman–Crippen LogP) is 1.41. The zero-order chi connectivity index (χ0) is 18.3. The summed E-state index contributed by atoms with van der Waals surface area (Å²) in [5.74, 6) is -0.402. The van der Waals surface area contributed by atoms with Crippen molar-refractivity contribution in [2.75, 3.05) is 13.7 Å². The highest BCUT2D eigenvalue weighted by Crippen LogP contribution is 2.24. The Bertz CT molecular complexity index is 1050. The lowest BCUT2D eigenvalue weighted by molar-refractivity contribution is 0.0890. The lowest BCUT2D eigenvalue weighted by Crippen LogP contribution is -2.35. The van der Waals surface area contributed by atoms with Gasteiger partial charge in [-0.25, -0.2) is 0 Å². The molecule has 134 valence electrons. The standard InChI is InChI=1S/C19H20N4O3/c1-22-16(6-8-20-22)15(11-26-2)21-19(25)14-10-23-9-7-12-4-3-5-13(17(12)23)18(14)24/h3-6,8,10,15H,7,9,11H2,1-2H3,(H,21,25)/t15-/m1/s1. The van der Waals surface area contributed by atoms with Crippen molar-refractivity contribution < 1.29 is 9.53 Å². The Morgan fingerprint density at radius 2 is 2.23 bits per heavy atom. The topological polar surface area (TPSA) is 78.2 Å².